The van der Waals surface area contributed by atoms with Crippen LogP contribution in [0.2, 0.25) is 0 Å². The van der Waals surface area contributed by atoms with Crippen LogP contribution in [0.1, 0.15) is 25.8 Å². The predicted molar refractivity (Wildman–Crippen MR) is 90.9 cm³/mol. The number of benzene rings is 1. The van der Waals surface area contributed by atoms with Crippen molar-refractivity contribution in [1.29, 1.82) is 0 Å². The Morgan fingerprint density at radius 2 is 1.96 bits per heavy atom. The molecule has 0 bridgehead atoms. The van der Waals surface area contributed by atoms with Gasteiger partial charge in [-0.3, -0.25) is 4.79 Å². The third kappa shape index (κ3) is 7.99. The van der Waals surface area contributed by atoms with E-state index in [1.54, 1.807) is 0 Å². The van der Waals surface area contributed by atoms with Crippen molar-refractivity contribution in [2.24, 2.45) is 11.7 Å². The van der Waals surface area contributed by atoms with Crippen molar-refractivity contribution in [1.82, 2.24) is 5.32 Å². The molecule has 1 aromatic rings. The first-order chi connectivity index (χ1) is 10.7. The molecule has 0 saturated heterocycles. The summed E-state index contributed by atoms with van der Waals surface area (Å²) >= 11 is 0. The molecule has 1 unspecified atom stereocenters. The molecule has 1 amide bonds. The van der Waals surface area contributed by atoms with Gasteiger partial charge in [0.15, 0.2) is 0 Å². The third-order valence-corrected chi connectivity index (χ3v) is 4.11. The zero-order valence-corrected chi connectivity index (χ0v) is 14.7. The van der Waals surface area contributed by atoms with Gasteiger partial charge < -0.3 is 15.8 Å². The lowest BCUT2D eigenvalue weighted by Gasteiger charge is -2.15. The maximum absolute atomic E-state index is 11.9. The van der Waals surface area contributed by atoms with E-state index >= 15 is 0 Å². The molecule has 0 radical (unpaired) electrons. The second-order valence-corrected chi connectivity index (χ2v) is 8.32. The topological polar surface area (TPSA) is 98.5 Å². The Bertz CT molecular complexity index is 614. The third-order valence-electron chi connectivity index (χ3n) is 3.13. The predicted octanol–water partition coefficient (Wildman–Crippen LogP) is 1.10. The van der Waals surface area contributed by atoms with Crippen molar-refractivity contribution in [2.45, 2.75) is 32.9 Å². The first kappa shape index (κ1) is 19.4. The van der Waals surface area contributed by atoms with Crippen LogP contribution < -0.4 is 15.8 Å². The van der Waals surface area contributed by atoms with Gasteiger partial charge >= 0.3 is 0 Å². The molecule has 0 fully saturated rings. The van der Waals surface area contributed by atoms with Crippen molar-refractivity contribution < 1.29 is 17.9 Å². The number of nitrogens with one attached hydrogen (secondary N) is 1. The zero-order chi connectivity index (χ0) is 17.5. The summed E-state index contributed by atoms with van der Waals surface area (Å²) in [5.41, 5.74) is 6.58. The Hall–Kier alpha value is -1.60. The van der Waals surface area contributed by atoms with E-state index in [9.17, 15) is 13.2 Å². The minimum Gasteiger partial charge on any atom is -0.493 e. The Morgan fingerprint density at radius 1 is 1.30 bits per heavy atom. The summed E-state index contributed by atoms with van der Waals surface area (Å²) in [4.78, 5) is 11.9. The van der Waals surface area contributed by atoms with Crippen molar-refractivity contribution in [3.8, 4) is 5.75 Å². The molecule has 0 aliphatic heterocycles. The highest BCUT2D eigenvalue weighted by Gasteiger charge is 2.16. The summed E-state index contributed by atoms with van der Waals surface area (Å²) in [6.07, 6.45) is 1.23. The van der Waals surface area contributed by atoms with Gasteiger partial charge in [-0.2, -0.15) is 0 Å². The minimum absolute atomic E-state index is 0.102. The summed E-state index contributed by atoms with van der Waals surface area (Å²) in [7, 11) is -3.12. The van der Waals surface area contributed by atoms with E-state index in [4.69, 9.17) is 10.5 Å². The summed E-state index contributed by atoms with van der Waals surface area (Å²) in [6.45, 7) is 5.01. The molecule has 0 spiro atoms. The van der Waals surface area contributed by atoms with Crippen LogP contribution in [0.5, 0.6) is 5.75 Å². The normalized spacial score (nSPS) is 12.9. The maximum Gasteiger partial charge on any atom is 0.237 e. The first-order valence-electron chi connectivity index (χ1n) is 7.60. The van der Waals surface area contributed by atoms with E-state index in [1.807, 2.05) is 24.3 Å². The number of nitrogens with two attached hydrogens (primary N) is 1. The number of para-hydroxylation sites is 1. The maximum atomic E-state index is 11.9. The van der Waals surface area contributed by atoms with Crippen molar-refractivity contribution >= 4 is 15.7 Å². The van der Waals surface area contributed by atoms with Crippen molar-refractivity contribution in [2.75, 3.05) is 18.6 Å². The van der Waals surface area contributed by atoms with Crippen LogP contribution in [-0.4, -0.2) is 39.0 Å². The first-order valence-corrected chi connectivity index (χ1v) is 9.67. The van der Waals surface area contributed by atoms with Crippen LogP contribution in [0.3, 0.4) is 0 Å². The molecule has 6 nitrogen and oxygen atoms in total. The van der Waals surface area contributed by atoms with Crippen LogP contribution in [0, 0.1) is 5.92 Å². The quantitative estimate of drug-likeness (QED) is 0.700. The SMILES string of the molecule is CC(C)COc1ccccc1CNC(=O)C(N)CCS(C)(=O)=O. The van der Waals surface area contributed by atoms with Crippen LogP contribution in [0.15, 0.2) is 24.3 Å². The van der Waals surface area contributed by atoms with Gasteiger partial charge in [-0.1, -0.05) is 32.0 Å². The molecule has 23 heavy (non-hydrogen) atoms. The van der Waals surface area contributed by atoms with Crippen LogP contribution in [0.25, 0.3) is 0 Å². The fourth-order valence-corrected chi connectivity index (χ4v) is 2.51. The van der Waals surface area contributed by atoms with E-state index in [2.05, 4.69) is 19.2 Å². The molecule has 1 rings (SSSR count). The number of rotatable bonds is 9. The average molecular weight is 342 g/mol. The largest absolute Gasteiger partial charge is 0.493 e. The molecule has 1 aromatic carbocycles. The number of sulfone groups is 1. The van der Waals surface area contributed by atoms with Gasteiger partial charge in [-0.05, 0) is 18.4 Å². The van der Waals surface area contributed by atoms with E-state index in [-0.39, 0.29) is 18.1 Å². The van der Waals surface area contributed by atoms with E-state index in [0.29, 0.717) is 19.1 Å². The Balaban J connectivity index is 2.55. The lowest BCUT2D eigenvalue weighted by atomic mass is 10.1. The number of hydrogen-bond donors (Lipinski definition) is 2. The summed E-state index contributed by atoms with van der Waals surface area (Å²) in [5.74, 6) is 0.663. The van der Waals surface area contributed by atoms with Gasteiger partial charge in [0, 0.05) is 18.4 Å². The van der Waals surface area contributed by atoms with Crippen LogP contribution in [-0.2, 0) is 21.2 Å². The number of carbonyl (C=O) groups excluding carboxylic acids is 1. The highest BCUT2D eigenvalue weighted by molar-refractivity contribution is 7.90. The lowest BCUT2D eigenvalue weighted by molar-refractivity contribution is -0.122. The second-order valence-electron chi connectivity index (χ2n) is 6.06. The highest BCUT2D eigenvalue weighted by atomic mass is 32.2. The molecular formula is C16H26N2O4S. The monoisotopic (exact) mass is 342 g/mol. The van der Waals surface area contributed by atoms with Gasteiger partial charge in [-0.15, -0.1) is 0 Å². The number of hydrogen-bond acceptors (Lipinski definition) is 5. The van der Waals surface area contributed by atoms with Gasteiger partial charge in [0.25, 0.3) is 0 Å². The van der Waals surface area contributed by atoms with Gasteiger partial charge in [0.1, 0.15) is 15.6 Å². The molecule has 130 valence electrons. The van der Waals surface area contributed by atoms with Crippen molar-refractivity contribution in [3.63, 3.8) is 0 Å². The van der Waals surface area contributed by atoms with Gasteiger partial charge in [0.2, 0.25) is 5.91 Å². The van der Waals surface area contributed by atoms with Crippen LogP contribution >= 0.6 is 0 Å². The van der Waals surface area contributed by atoms with Crippen LogP contribution in [0.4, 0.5) is 0 Å². The lowest BCUT2D eigenvalue weighted by Crippen LogP contribution is -2.41. The number of carbonyl (C=O) groups is 1. The standard InChI is InChI=1S/C16H26N2O4S/c1-12(2)11-22-15-7-5-4-6-13(15)10-18-16(19)14(17)8-9-23(3,20)21/h4-7,12,14H,8-11,17H2,1-3H3,(H,18,19). The summed E-state index contributed by atoms with van der Waals surface area (Å²) in [5, 5.41) is 2.72. The van der Waals surface area contributed by atoms with Crippen molar-refractivity contribution in [3.05, 3.63) is 29.8 Å². The van der Waals surface area contributed by atoms with Gasteiger partial charge in [0.05, 0.1) is 18.4 Å². The molecule has 1 atom stereocenters. The molecule has 0 aliphatic carbocycles. The Morgan fingerprint density at radius 3 is 2.57 bits per heavy atom. The van der Waals surface area contributed by atoms with Gasteiger partial charge in [-0.25, -0.2) is 8.42 Å². The minimum atomic E-state index is -3.12. The fourth-order valence-electron chi connectivity index (χ4n) is 1.83. The Labute approximate surface area is 138 Å². The molecular weight excluding hydrogens is 316 g/mol. The summed E-state index contributed by atoms with van der Waals surface area (Å²) in [6, 6.07) is 6.63. The Kier molecular flexibility index (Phi) is 7.51. The zero-order valence-electron chi connectivity index (χ0n) is 13.9. The average Bonchev–Trinajstić information content (AvgIpc) is 2.48. The molecule has 7 heteroatoms. The fraction of sp³-hybridized carbons (Fsp3) is 0.562. The van der Waals surface area contributed by atoms with E-state index in [1.165, 1.54) is 0 Å². The molecule has 3 N–H and O–H groups in total. The van der Waals surface area contributed by atoms with E-state index < -0.39 is 15.9 Å². The highest BCUT2D eigenvalue weighted by Crippen LogP contribution is 2.18. The molecule has 0 aliphatic rings. The smallest absolute Gasteiger partial charge is 0.237 e. The molecule has 0 saturated carbocycles. The summed E-state index contributed by atoms with van der Waals surface area (Å²) < 4.78 is 27.9. The molecule has 0 aromatic heterocycles. The number of ether oxygens (including phenoxy) is 1. The number of amides is 1. The second kappa shape index (κ2) is 8.88. The molecule has 0 heterocycles. The van der Waals surface area contributed by atoms with E-state index in [0.717, 1.165) is 17.6 Å².